The van der Waals surface area contributed by atoms with E-state index in [-0.39, 0.29) is 24.2 Å². The SMILES string of the molecule is CCOC(=O)c1ccn(-c2cccc(NC(=O)c3ccc(NC(=O)Nc4ccccc4)cc3)c2)n1. The minimum absolute atomic E-state index is 0.201. The third kappa shape index (κ3) is 6.11. The molecule has 0 atom stereocenters. The molecule has 0 spiro atoms. The summed E-state index contributed by atoms with van der Waals surface area (Å²) in [5.41, 5.74) is 3.08. The number of hydrogen-bond acceptors (Lipinski definition) is 5. The summed E-state index contributed by atoms with van der Waals surface area (Å²) in [4.78, 5) is 36.7. The Balaban J connectivity index is 1.37. The van der Waals surface area contributed by atoms with E-state index in [0.29, 0.717) is 28.3 Å². The Morgan fingerprint density at radius 3 is 2.20 bits per heavy atom. The number of hydrogen-bond donors (Lipinski definition) is 3. The average Bonchev–Trinajstić information content (AvgIpc) is 3.36. The number of nitrogens with one attached hydrogen (secondary N) is 3. The van der Waals surface area contributed by atoms with E-state index in [4.69, 9.17) is 4.74 Å². The van der Waals surface area contributed by atoms with Crippen LogP contribution in [0.5, 0.6) is 0 Å². The van der Waals surface area contributed by atoms with Crippen molar-refractivity contribution >= 4 is 35.0 Å². The van der Waals surface area contributed by atoms with Gasteiger partial charge in [0.05, 0.1) is 12.3 Å². The Hall–Kier alpha value is -4.92. The molecule has 0 saturated heterocycles. The summed E-state index contributed by atoms with van der Waals surface area (Å²) in [5, 5.41) is 12.5. The molecular weight excluding hydrogens is 446 g/mol. The number of rotatable bonds is 7. The molecule has 0 bridgehead atoms. The van der Waals surface area contributed by atoms with Crippen molar-refractivity contribution < 1.29 is 19.1 Å². The van der Waals surface area contributed by atoms with Gasteiger partial charge in [-0.05, 0) is 67.6 Å². The quantitative estimate of drug-likeness (QED) is 0.332. The standard InChI is InChI=1S/C26H23N5O4/c1-2-35-25(33)23-15-16-31(30-23)22-10-6-9-21(17-22)27-24(32)18-11-13-20(14-12-18)29-26(34)28-19-7-4-3-5-8-19/h3-17H,2H2,1H3,(H,27,32)(H2,28,29,34). The van der Waals surface area contributed by atoms with Crippen molar-refractivity contribution in [3.8, 4) is 5.69 Å². The Kier molecular flexibility index (Phi) is 7.17. The number of carbonyl (C=O) groups is 3. The lowest BCUT2D eigenvalue weighted by molar-refractivity contribution is 0.0518. The fraction of sp³-hybridized carbons (Fsp3) is 0.0769. The van der Waals surface area contributed by atoms with Crippen LogP contribution in [0.25, 0.3) is 5.69 Å². The van der Waals surface area contributed by atoms with Gasteiger partial charge in [0.1, 0.15) is 0 Å². The van der Waals surface area contributed by atoms with Crippen LogP contribution in [0.4, 0.5) is 21.9 Å². The van der Waals surface area contributed by atoms with Crippen molar-refractivity contribution in [3.63, 3.8) is 0 Å². The molecule has 4 aromatic rings. The number of carbonyl (C=O) groups excluding carboxylic acids is 3. The summed E-state index contributed by atoms with van der Waals surface area (Å²) in [6.07, 6.45) is 1.65. The largest absolute Gasteiger partial charge is 0.461 e. The summed E-state index contributed by atoms with van der Waals surface area (Å²) >= 11 is 0. The smallest absolute Gasteiger partial charge is 0.358 e. The van der Waals surface area contributed by atoms with E-state index in [1.54, 1.807) is 79.9 Å². The van der Waals surface area contributed by atoms with Crippen LogP contribution in [0, 0.1) is 0 Å². The van der Waals surface area contributed by atoms with E-state index in [1.165, 1.54) is 4.68 Å². The summed E-state index contributed by atoms with van der Waals surface area (Å²) in [5.74, 6) is -0.804. The van der Waals surface area contributed by atoms with Gasteiger partial charge in [0.2, 0.25) is 0 Å². The van der Waals surface area contributed by atoms with Crippen LogP contribution in [0.1, 0.15) is 27.8 Å². The van der Waals surface area contributed by atoms with Crippen LogP contribution in [0.2, 0.25) is 0 Å². The number of amides is 3. The van der Waals surface area contributed by atoms with Gasteiger partial charge in [-0.3, -0.25) is 4.79 Å². The number of urea groups is 1. The molecule has 3 N–H and O–H groups in total. The van der Waals surface area contributed by atoms with E-state index in [9.17, 15) is 14.4 Å². The minimum Gasteiger partial charge on any atom is -0.461 e. The third-order valence-electron chi connectivity index (χ3n) is 4.88. The van der Waals surface area contributed by atoms with E-state index in [0.717, 1.165) is 0 Å². The second kappa shape index (κ2) is 10.8. The number of para-hydroxylation sites is 1. The van der Waals surface area contributed by atoms with Crippen LogP contribution in [-0.4, -0.2) is 34.3 Å². The van der Waals surface area contributed by atoms with Gasteiger partial charge >= 0.3 is 12.0 Å². The van der Waals surface area contributed by atoms with Crippen LogP contribution in [0.3, 0.4) is 0 Å². The molecule has 0 radical (unpaired) electrons. The van der Waals surface area contributed by atoms with Crippen molar-refractivity contribution in [2.24, 2.45) is 0 Å². The van der Waals surface area contributed by atoms with Crippen LogP contribution < -0.4 is 16.0 Å². The van der Waals surface area contributed by atoms with Gasteiger partial charge in [-0.1, -0.05) is 24.3 Å². The first-order chi connectivity index (χ1) is 17.0. The van der Waals surface area contributed by atoms with Gasteiger partial charge in [0.15, 0.2) is 5.69 Å². The molecule has 0 aliphatic carbocycles. The highest BCUT2D eigenvalue weighted by Crippen LogP contribution is 2.17. The normalized spacial score (nSPS) is 10.3. The van der Waals surface area contributed by atoms with Crippen molar-refractivity contribution in [3.05, 3.63) is 102 Å². The van der Waals surface area contributed by atoms with E-state index >= 15 is 0 Å². The molecule has 1 heterocycles. The van der Waals surface area contributed by atoms with Crippen molar-refractivity contribution in [2.45, 2.75) is 6.92 Å². The van der Waals surface area contributed by atoms with E-state index in [1.807, 2.05) is 18.2 Å². The third-order valence-corrected chi connectivity index (χ3v) is 4.88. The van der Waals surface area contributed by atoms with E-state index < -0.39 is 5.97 Å². The molecule has 0 saturated carbocycles. The maximum atomic E-state index is 12.7. The molecule has 9 nitrogen and oxygen atoms in total. The van der Waals surface area contributed by atoms with Gasteiger partial charge in [-0.25, -0.2) is 14.3 Å². The van der Waals surface area contributed by atoms with Crippen LogP contribution in [-0.2, 0) is 4.74 Å². The average molecular weight is 470 g/mol. The van der Waals surface area contributed by atoms with Gasteiger partial charge < -0.3 is 20.7 Å². The van der Waals surface area contributed by atoms with E-state index in [2.05, 4.69) is 21.0 Å². The molecule has 35 heavy (non-hydrogen) atoms. The lowest BCUT2D eigenvalue weighted by Crippen LogP contribution is -2.19. The second-order valence-corrected chi connectivity index (χ2v) is 7.39. The topological polar surface area (TPSA) is 114 Å². The molecular formula is C26H23N5O4. The van der Waals surface area contributed by atoms with Crippen molar-refractivity contribution in [2.75, 3.05) is 22.6 Å². The first-order valence-electron chi connectivity index (χ1n) is 10.9. The number of aromatic nitrogens is 2. The van der Waals surface area contributed by atoms with Gasteiger partial charge in [-0.15, -0.1) is 0 Å². The molecule has 0 aliphatic rings. The zero-order chi connectivity index (χ0) is 24.6. The Bertz CT molecular complexity index is 1330. The first-order valence-corrected chi connectivity index (χ1v) is 10.9. The Labute approximate surface area is 201 Å². The number of nitrogens with zero attached hydrogens (tertiary/aromatic N) is 2. The molecule has 0 unspecified atom stereocenters. The van der Waals surface area contributed by atoms with Gasteiger partial charge in [-0.2, -0.15) is 5.10 Å². The fourth-order valence-electron chi connectivity index (χ4n) is 3.23. The monoisotopic (exact) mass is 469 g/mol. The highest BCUT2D eigenvalue weighted by Gasteiger charge is 2.12. The summed E-state index contributed by atoms with van der Waals surface area (Å²) in [6, 6.07) is 23.9. The predicted octanol–water partition coefficient (Wildman–Crippen LogP) is 4.95. The lowest BCUT2D eigenvalue weighted by atomic mass is 10.2. The molecule has 4 rings (SSSR count). The maximum Gasteiger partial charge on any atom is 0.358 e. The minimum atomic E-state index is -0.494. The second-order valence-electron chi connectivity index (χ2n) is 7.39. The highest BCUT2D eigenvalue weighted by molar-refractivity contribution is 6.05. The number of ether oxygens (including phenoxy) is 1. The molecule has 1 aromatic heterocycles. The molecule has 3 amide bonds. The molecule has 176 valence electrons. The molecule has 3 aromatic carbocycles. The predicted molar refractivity (Wildman–Crippen MR) is 133 cm³/mol. The zero-order valence-corrected chi connectivity index (χ0v) is 18.9. The van der Waals surface area contributed by atoms with Crippen molar-refractivity contribution in [1.29, 1.82) is 0 Å². The fourth-order valence-corrected chi connectivity index (χ4v) is 3.23. The lowest BCUT2D eigenvalue weighted by Gasteiger charge is -2.10. The van der Waals surface area contributed by atoms with Crippen LogP contribution >= 0.6 is 0 Å². The molecule has 0 fully saturated rings. The summed E-state index contributed by atoms with van der Waals surface area (Å²) < 4.78 is 6.49. The number of esters is 1. The number of anilines is 3. The Morgan fingerprint density at radius 1 is 0.800 bits per heavy atom. The highest BCUT2D eigenvalue weighted by atomic mass is 16.5. The maximum absolute atomic E-state index is 12.7. The van der Waals surface area contributed by atoms with Gasteiger partial charge in [0.25, 0.3) is 5.91 Å². The summed E-state index contributed by atoms with van der Waals surface area (Å²) in [6.45, 7) is 2.00. The van der Waals surface area contributed by atoms with Crippen LogP contribution in [0.15, 0.2) is 91.1 Å². The van der Waals surface area contributed by atoms with Crippen molar-refractivity contribution in [1.82, 2.24) is 9.78 Å². The van der Waals surface area contributed by atoms with Gasteiger partial charge in [0, 0.05) is 28.8 Å². The Morgan fingerprint density at radius 2 is 1.49 bits per heavy atom. The first kappa shape index (κ1) is 23.2. The number of benzene rings is 3. The zero-order valence-electron chi connectivity index (χ0n) is 18.9. The molecule has 9 heteroatoms. The molecule has 0 aliphatic heterocycles. The summed E-state index contributed by atoms with van der Waals surface area (Å²) in [7, 11) is 0.